The number of hydrogen-bond donors (Lipinski definition) is 2. The summed E-state index contributed by atoms with van der Waals surface area (Å²) in [4.78, 5) is 21.3. The first-order valence-corrected chi connectivity index (χ1v) is 11.6. The lowest BCUT2D eigenvalue weighted by Gasteiger charge is -2.22. The molecule has 0 radical (unpaired) electrons. The Morgan fingerprint density at radius 3 is 2.67 bits per heavy atom. The monoisotopic (exact) mass is 415 g/mol. The number of benzene rings is 1. The molecule has 1 amide bonds. The average molecular weight is 416 g/mol. The third kappa shape index (κ3) is 8.34. The molecular weight excluding hydrogens is 374 g/mol. The van der Waals surface area contributed by atoms with Gasteiger partial charge in [-0.05, 0) is 58.2 Å². The fourth-order valence-corrected chi connectivity index (χ4v) is 3.57. The van der Waals surface area contributed by atoms with Gasteiger partial charge in [0.05, 0.1) is 6.54 Å². The predicted octanol–water partition coefficient (Wildman–Crippen LogP) is 3.37. The molecule has 0 unspecified atom stereocenters. The van der Waals surface area contributed by atoms with Crippen LogP contribution in [0, 0.1) is 0 Å². The van der Waals surface area contributed by atoms with Gasteiger partial charge in [0.15, 0.2) is 5.96 Å². The Morgan fingerprint density at radius 2 is 1.93 bits per heavy atom. The molecule has 1 aromatic rings. The molecule has 30 heavy (non-hydrogen) atoms. The Balaban J connectivity index is 1.87. The molecular formula is C24H41N5O. The van der Waals surface area contributed by atoms with Crippen LogP contribution in [-0.2, 0) is 17.9 Å². The number of rotatable bonds is 10. The van der Waals surface area contributed by atoms with E-state index in [1.807, 2.05) is 4.90 Å². The Bertz CT molecular complexity index is 673. The summed E-state index contributed by atoms with van der Waals surface area (Å²) in [6.07, 6.45) is 4.99. The van der Waals surface area contributed by atoms with Crippen molar-refractivity contribution >= 4 is 11.9 Å². The van der Waals surface area contributed by atoms with E-state index >= 15 is 0 Å². The van der Waals surface area contributed by atoms with Crippen molar-refractivity contribution in [1.29, 1.82) is 0 Å². The minimum absolute atomic E-state index is 0.316. The number of aliphatic imine (C=N–C) groups is 1. The third-order valence-electron chi connectivity index (χ3n) is 5.74. The number of likely N-dealkylation sites (tertiary alicyclic amines) is 1. The summed E-state index contributed by atoms with van der Waals surface area (Å²) in [5, 5.41) is 6.77. The van der Waals surface area contributed by atoms with E-state index in [0.29, 0.717) is 24.9 Å². The molecule has 6 heteroatoms. The van der Waals surface area contributed by atoms with Gasteiger partial charge in [-0.3, -0.25) is 9.69 Å². The van der Waals surface area contributed by atoms with Gasteiger partial charge in [-0.1, -0.05) is 30.7 Å². The fourth-order valence-electron chi connectivity index (χ4n) is 3.57. The maximum atomic E-state index is 12.1. The average Bonchev–Trinajstić information content (AvgIpc) is 2.94. The van der Waals surface area contributed by atoms with E-state index in [-0.39, 0.29) is 0 Å². The summed E-state index contributed by atoms with van der Waals surface area (Å²) in [6, 6.07) is 9.06. The van der Waals surface area contributed by atoms with Gasteiger partial charge in [-0.25, -0.2) is 4.99 Å². The quantitative estimate of drug-likeness (QED) is 0.349. The summed E-state index contributed by atoms with van der Waals surface area (Å²) in [6.45, 7) is 11.5. The SMILES string of the molecule is CCNC(=NCc1ccccc1CN(C)C(C)C)NCCCN1CCCCCC1=O. The molecule has 1 aromatic carbocycles. The van der Waals surface area contributed by atoms with Crippen molar-refractivity contribution in [2.24, 2.45) is 4.99 Å². The standard InChI is InChI=1S/C24H41N5O/c1-5-25-24(26-15-11-17-29-16-10-6-7-14-23(29)30)27-18-21-12-8-9-13-22(21)19-28(4)20(2)3/h8-9,12-13,20H,5-7,10-11,14-19H2,1-4H3,(H2,25,26,27). The first-order chi connectivity index (χ1) is 14.5. The number of hydrogen-bond acceptors (Lipinski definition) is 3. The molecule has 2 N–H and O–H groups in total. The fraction of sp³-hybridized carbons (Fsp3) is 0.667. The number of nitrogens with one attached hydrogen (secondary N) is 2. The number of carbonyl (C=O) groups is 1. The number of nitrogens with zero attached hydrogens (tertiary/aromatic N) is 3. The summed E-state index contributed by atoms with van der Waals surface area (Å²) in [7, 11) is 2.16. The first kappa shape index (κ1) is 24.2. The smallest absolute Gasteiger partial charge is 0.222 e. The molecule has 0 spiro atoms. The van der Waals surface area contributed by atoms with E-state index in [0.717, 1.165) is 57.9 Å². The molecule has 1 heterocycles. The Labute approximate surface area is 183 Å². The molecule has 1 saturated heterocycles. The molecule has 0 saturated carbocycles. The van der Waals surface area contributed by atoms with Crippen LogP contribution >= 0.6 is 0 Å². The normalized spacial score (nSPS) is 15.6. The highest BCUT2D eigenvalue weighted by atomic mass is 16.2. The lowest BCUT2D eigenvalue weighted by atomic mass is 10.1. The van der Waals surface area contributed by atoms with Gasteiger partial charge in [0, 0.05) is 45.2 Å². The maximum absolute atomic E-state index is 12.1. The molecule has 168 valence electrons. The van der Waals surface area contributed by atoms with Crippen LogP contribution in [0.4, 0.5) is 0 Å². The minimum Gasteiger partial charge on any atom is -0.357 e. The van der Waals surface area contributed by atoms with Crippen molar-refractivity contribution in [3.05, 3.63) is 35.4 Å². The molecule has 1 aliphatic heterocycles. The highest BCUT2D eigenvalue weighted by molar-refractivity contribution is 5.79. The zero-order valence-electron chi connectivity index (χ0n) is 19.4. The van der Waals surface area contributed by atoms with Gasteiger partial charge in [-0.15, -0.1) is 0 Å². The molecule has 0 aromatic heterocycles. The van der Waals surface area contributed by atoms with E-state index < -0.39 is 0 Å². The highest BCUT2D eigenvalue weighted by Gasteiger charge is 2.15. The van der Waals surface area contributed by atoms with Crippen LogP contribution in [-0.4, -0.2) is 60.9 Å². The summed E-state index contributed by atoms with van der Waals surface area (Å²) in [5.41, 5.74) is 2.59. The van der Waals surface area contributed by atoms with Crippen molar-refractivity contribution in [3.63, 3.8) is 0 Å². The van der Waals surface area contributed by atoms with Crippen LogP contribution in [0.15, 0.2) is 29.3 Å². The van der Waals surface area contributed by atoms with Crippen LogP contribution in [0.25, 0.3) is 0 Å². The number of carbonyl (C=O) groups excluding carboxylic acids is 1. The second-order valence-electron chi connectivity index (χ2n) is 8.44. The molecule has 0 atom stereocenters. The predicted molar refractivity (Wildman–Crippen MR) is 126 cm³/mol. The van der Waals surface area contributed by atoms with Gasteiger partial charge < -0.3 is 15.5 Å². The van der Waals surface area contributed by atoms with Crippen LogP contribution in [0.2, 0.25) is 0 Å². The Morgan fingerprint density at radius 1 is 1.17 bits per heavy atom. The number of amides is 1. The number of guanidine groups is 1. The second-order valence-corrected chi connectivity index (χ2v) is 8.44. The van der Waals surface area contributed by atoms with Crippen molar-refractivity contribution < 1.29 is 4.79 Å². The summed E-state index contributed by atoms with van der Waals surface area (Å²) < 4.78 is 0. The Hall–Kier alpha value is -2.08. The van der Waals surface area contributed by atoms with E-state index in [1.54, 1.807) is 0 Å². The van der Waals surface area contributed by atoms with Crippen LogP contribution < -0.4 is 10.6 Å². The van der Waals surface area contributed by atoms with E-state index in [4.69, 9.17) is 4.99 Å². The molecule has 6 nitrogen and oxygen atoms in total. The van der Waals surface area contributed by atoms with E-state index in [2.05, 4.69) is 67.6 Å². The second kappa shape index (κ2) is 13.3. The van der Waals surface area contributed by atoms with Gasteiger partial charge in [0.1, 0.15) is 0 Å². The summed E-state index contributed by atoms with van der Waals surface area (Å²) >= 11 is 0. The lowest BCUT2D eigenvalue weighted by Crippen LogP contribution is -2.39. The molecule has 0 bridgehead atoms. The minimum atomic E-state index is 0.316. The third-order valence-corrected chi connectivity index (χ3v) is 5.74. The molecule has 1 aliphatic rings. The molecule has 1 fully saturated rings. The van der Waals surface area contributed by atoms with Crippen molar-refractivity contribution in [1.82, 2.24) is 20.4 Å². The molecule has 2 rings (SSSR count). The van der Waals surface area contributed by atoms with Crippen molar-refractivity contribution in [2.45, 2.75) is 72.0 Å². The maximum Gasteiger partial charge on any atom is 0.222 e. The van der Waals surface area contributed by atoms with Gasteiger partial charge in [0.25, 0.3) is 0 Å². The van der Waals surface area contributed by atoms with E-state index in [9.17, 15) is 4.79 Å². The zero-order chi connectivity index (χ0) is 21.8. The topological polar surface area (TPSA) is 60.0 Å². The van der Waals surface area contributed by atoms with E-state index in [1.165, 1.54) is 17.5 Å². The zero-order valence-corrected chi connectivity index (χ0v) is 19.4. The van der Waals surface area contributed by atoms with Gasteiger partial charge >= 0.3 is 0 Å². The highest BCUT2D eigenvalue weighted by Crippen LogP contribution is 2.14. The van der Waals surface area contributed by atoms with Crippen LogP contribution in [0.1, 0.15) is 64.0 Å². The first-order valence-electron chi connectivity index (χ1n) is 11.6. The molecule has 0 aliphatic carbocycles. The lowest BCUT2D eigenvalue weighted by molar-refractivity contribution is -0.130. The summed E-state index contributed by atoms with van der Waals surface area (Å²) in [5.74, 6) is 1.16. The Kier molecular flexibility index (Phi) is 10.7. The van der Waals surface area contributed by atoms with Gasteiger partial charge in [-0.2, -0.15) is 0 Å². The van der Waals surface area contributed by atoms with Crippen LogP contribution in [0.3, 0.4) is 0 Å². The van der Waals surface area contributed by atoms with Crippen LogP contribution in [0.5, 0.6) is 0 Å². The largest absolute Gasteiger partial charge is 0.357 e. The van der Waals surface area contributed by atoms with Gasteiger partial charge in [0.2, 0.25) is 5.91 Å². The van der Waals surface area contributed by atoms with Crippen molar-refractivity contribution in [3.8, 4) is 0 Å². The van der Waals surface area contributed by atoms with Crippen molar-refractivity contribution in [2.75, 3.05) is 33.2 Å².